The summed E-state index contributed by atoms with van der Waals surface area (Å²) in [5.74, 6) is -0.285. The Morgan fingerprint density at radius 1 is 1.27 bits per heavy atom. The molecule has 0 aliphatic rings. The smallest absolute Gasteiger partial charge is 0.251 e. The van der Waals surface area contributed by atoms with Crippen LogP contribution in [-0.2, 0) is 11.3 Å². The van der Waals surface area contributed by atoms with Crippen molar-refractivity contribution in [2.45, 2.75) is 26.3 Å². The maximum absolute atomic E-state index is 12.0. The molecule has 2 amide bonds. The van der Waals surface area contributed by atoms with E-state index in [-0.39, 0.29) is 11.8 Å². The molecule has 1 aromatic heterocycles. The monoisotopic (exact) mass is 300 g/mol. The lowest BCUT2D eigenvalue weighted by Crippen LogP contribution is -2.24. The molecule has 6 nitrogen and oxygen atoms in total. The van der Waals surface area contributed by atoms with E-state index in [2.05, 4.69) is 15.6 Å². The molecule has 2 N–H and O–H groups in total. The fourth-order valence-corrected chi connectivity index (χ4v) is 2.08. The number of nitrogens with one attached hydrogen (secondary N) is 2. The molecule has 0 atom stereocenters. The lowest BCUT2D eigenvalue weighted by molar-refractivity contribution is -0.114. The molecule has 2 aromatic rings. The number of hydrogen-bond donors (Lipinski definition) is 2. The summed E-state index contributed by atoms with van der Waals surface area (Å²) in [6.45, 7) is 2.96. The minimum absolute atomic E-state index is 0.130. The molecule has 6 heteroatoms. The summed E-state index contributed by atoms with van der Waals surface area (Å²) in [6, 6.07) is 6.90. The van der Waals surface area contributed by atoms with E-state index in [1.807, 2.05) is 10.8 Å². The van der Waals surface area contributed by atoms with Gasteiger partial charge in [-0.2, -0.15) is 0 Å². The van der Waals surface area contributed by atoms with Gasteiger partial charge >= 0.3 is 0 Å². The van der Waals surface area contributed by atoms with Crippen LogP contribution in [0.4, 0.5) is 5.69 Å². The molecular formula is C16H20N4O2. The molecule has 22 heavy (non-hydrogen) atoms. The van der Waals surface area contributed by atoms with Crippen LogP contribution in [0.15, 0.2) is 43.0 Å². The number of unbranched alkanes of at least 4 members (excludes halogenated alkanes) is 1. The Labute approximate surface area is 129 Å². The van der Waals surface area contributed by atoms with Crippen LogP contribution >= 0.6 is 0 Å². The van der Waals surface area contributed by atoms with E-state index in [9.17, 15) is 9.59 Å². The number of amides is 2. The number of imidazole rings is 1. The van der Waals surface area contributed by atoms with Crippen LogP contribution in [-0.4, -0.2) is 27.9 Å². The average Bonchev–Trinajstić information content (AvgIpc) is 2.99. The first-order valence-electron chi connectivity index (χ1n) is 7.27. The van der Waals surface area contributed by atoms with Crippen molar-refractivity contribution in [1.82, 2.24) is 14.9 Å². The number of benzene rings is 1. The van der Waals surface area contributed by atoms with Crippen molar-refractivity contribution < 1.29 is 9.59 Å². The van der Waals surface area contributed by atoms with E-state index < -0.39 is 0 Å². The van der Waals surface area contributed by atoms with Crippen LogP contribution in [0.25, 0.3) is 0 Å². The lowest BCUT2D eigenvalue weighted by atomic mass is 10.2. The third-order valence-electron chi connectivity index (χ3n) is 3.13. The van der Waals surface area contributed by atoms with Crippen LogP contribution < -0.4 is 10.6 Å². The molecule has 0 saturated heterocycles. The molecule has 1 aromatic carbocycles. The summed E-state index contributed by atoms with van der Waals surface area (Å²) in [7, 11) is 0. The number of rotatable bonds is 7. The van der Waals surface area contributed by atoms with Gasteiger partial charge in [0.25, 0.3) is 5.91 Å². The molecule has 0 aliphatic heterocycles. The van der Waals surface area contributed by atoms with Crippen LogP contribution in [0, 0.1) is 0 Å². The van der Waals surface area contributed by atoms with Gasteiger partial charge in [-0.25, -0.2) is 4.98 Å². The second-order valence-corrected chi connectivity index (χ2v) is 5.03. The zero-order valence-corrected chi connectivity index (χ0v) is 12.6. The summed E-state index contributed by atoms with van der Waals surface area (Å²) in [4.78, 5) is 27.0. The summed E-state index contributed by atoms with van der Waals surface area (Å²) >= 11 is 0. The van der Waals surface area contributed by atoms with Crippen LogP contribution in [0.2, 0.25) is 0 Å². The van der Waals surface area contributed by atoms with Crippen molar-refractivity contribution in [1.29, 1.82) is 0 Å². The van der Waals surface area contributed by atoms with Gasteiger partial charge in [-0.15, -0.1) is 0 Å². The second-order valence-electron chi connectivity index (χ2n) is 5.03. The molecule has 1 heterocycles. The Morgan fingerprint density at radius 3 is 2.86 bits per heavy atom. The highest BCUT2D eigenvalue weighted by Gasteiger charge is 2.06. The molecule has 0 bridgehead atoms. The van der Waals surface area contributed by atoms with E-state index in [0.29, 0.717) is 17.8 Å². The number of hydrogen-bond acceptors (Lipinski definition) is 3. The number of anilines is 1. The van der Waals surface area contributed by atoms with Crippen molar-refractivity contribution in [3.05, 3.63) is 48.5 Å². The average molecular weight is 300 g/mol. The van der Waals surface area contributed by atoms with Gasteiger partial charge in [-0.3, -0.25) is 9.59 Å². The van der Waals surface area contributed by atoms with Gasteiger partial charge in [0.2, 0.25) is 5.91 Å². The highest BCUT2D eigenvalue weighted by molar-refractivity contribution is 5.96. The summed E-state index contributed by atoms with van der Waals surface area (Å²) in [6.07, 6.45) is 7.33. The second kappa shape index (κ2) is 7.97. The predicted octanol–water partition coefficient (Wildman–Crippen LogP) is 2.05. The van der Waals surface area contributed by atoms with E-state index in [1.165, 1.54) is 6.92 Å². The van der Waals surface area contributed by atoms with E-state index in [0.717, 1.165) is 19.4 Å². The zero-order valence-electron chi connectivity index (χ0n) is 12.6. The van der Waals surface area contributed by atoms with Gasteiger partial charge in [-0.05, 0) is 31.0 Å². The number of aromatic nitrogens is 2. The Bertz CT molecular complexity index is 623. The van der Waals surface area contributed by atoms with E-state index in [1.54, 1.807) is 36.8 Å². The van der Waals surface area contributed by atoms with Crippen molar-refractivity contribution in [3.63, 3.8) is 0 Å². The van der Waals surface area contributed by atoms with Crippen LogP contribution in [0.3, 0.4) is 0 Å². The standard InChI is InChI=1S/C16H20N4O2/c1-13(21)19-15-6-4-5-14(11-15)16(22)18-7-2-3-9-20-10-8-17-12-20/h4-6,8,10-12H,2-3,7,9H2,1H3,(H,18,22)(H,19,21). The Hall–Kier alpha value is -2.63. The normalized spacial score (nSPS) is 10.2. The predicted molar refractivity (Wildman–Crippen MR) is 84.5 cm³/mol. The molecule has 2 rings (SSSR count). The number of carbonyl (C=O) groups is 2. The summed E-state index contributed by atoms with van der Waals surface area (Å²) in [5.41, 5.74) is 1.17. The minimum Gasteiger partial charge on any atom is -0.352 e. The first kappa shape index (κ1) is 15.8. The van der Waals surface area contributed by atoms with Crippen molar-refractivity contribution in [2.24, 2.45) is 0 Å². The third-order valence-corrected chi connectivity index (χ3v) is 3.13. The molecule has 0 spiro atoms. The highest BCUT2D eigenvalue weighted by atomic mass is 16.2. The first-order chi connectivity index (χ1) is 10.6. The Kier molecular flexibility index (Phi) is 5.71. The van der Waals surface area contributed by atoms with Crippen molar-refractivity contribution in [3.8, 4) is 0 Å². The van der Waals surface area contributed by atoms with E-state index >= 15 is 0 Å². The molecule has 0 unspecified atom stereocenters. The first-order valence-corrected chi connectivity index (χ1v) is 7.27. The zero-order chi connectivity index (χ0) is 15.8. The Morgan fingerprint density at radius 2 is 2.14 bits per heavy atom. The van der Waals surface area contributed by atoms with Gasteiger partial charge in [-0.1, -0.05) is 6.07 Å². The largest absolute Gasteiger partial charge is 0.352 e. The third kappa shape index (κ3) is 5.05. The van der Waals surface area contributed by atoms with E-state index in [4.69, 9.17) is 0 Å². The molecule has 0 saturated carbocycles. The summed E-state index contributed by atoms with van der Waals surface area (Å²) in [5, 5.41) is 5.55. The number of aryl methyl sites for hydroxylation is 1. The maximum Gasteiger partial charge on any atom is 0.251 e. The molecule has 0 fully saturated rings. The van der Waals surface area contributed by atoms with Crippen LogP contribution in [0.5, 0.6) is 0 Å². The SMILES string of the molecule is CC(=O)Nc1cccc(C(=O)NCCCCn2ccnc2)c1. The van der Waals surface area contributed by atoms with Gasteiger partial charge in [0.15, 0.2) is 0 Å². The topological polar surface area (TPSA) is 76.0 Å². The van der Waals surface area contributed by atoms with Gasteiger partial charge < -0.3 is 15.2 Å². The molecular weight excluding hydrogens is 280 g/mol. The molecule has 0 aliphatic carbocycles. The molecule has 0 radical (unpaired) electrons. The quantitative estimate of drug-likeness (QED) is 0.768. The number of carbonyl (C=O) groups excluding carboxylic acids is 2. The van der Waals surface area contributed by atoms with Crippen LogP contribution in [0.1, 0.15) is 30.1 Å². The van der Waals surface area contributed by atoms with Gasteiger partial charge in [0.05, 0.1) is 6.33 Å². The fourth-order valence-electron chi connectivity index (χ4n) is 2.08. The fraction of sp³-hybridized carbons (Fsp3) is 0.312. The van der Waals surface area contributed by atoms with Gasteiger partial charge in [0.1, 0.15) is 0 Å². The van der Waals surface area contributed by atoms with Crippen molar-refractivity contribution in [2.75, 3.05) is 11.9 Å². The minimum atomic E-state index is -0.156. The Balaban J connectivity index is 1.73. The number of nitrogens with zero attached hydrogens (tertiary/aromatic N) is 2. The summed E-state index contributed by atoms with van der Waals surface area (Å²) < 4.78 is 2.01. The molecule has 116 valence electrons. The van der Waals surface area contributed by atoms with Crippen molar-refractivity contribution >= 4 is 17.5 Å². The van der Waals surface area contributed by atoms with Gasteiger partial charge in [0, 0.05) is 43.7 Å². The lowest BCUT2D eigenvalue weighted by Gasteiger charge is -2.07. The maximum atomic E-state index is 12.0. The highest BCUT2D eigenvalue weighted by Crippen LogP contribution is 2.10.